The molecule has 1 fully saturated rings. The summed E-state index contributed by atoms with van der Waals surface area (Å²) in [5, 5.41) is 18.2. The number of hydrogen-bond acceptors (Lipinski definition) is 3. The summed E-state index contributed by atoms with van der Waals surface area (Å²) in [5.74, 6) is 0. The molecule has 2 unspecified atom stereocenters. The summed E-state index contributed by atoms with van der Waals surface area (Å²) in [7, 11) is 1.92. The van der Waals surface area contributed by atoms with Crippen molar-refractivity contribution in [1.29, 1.82) is 0 Å². The van der Waals surface area contributed by atoms with Gasteiger partial charge in [-0.25, -0.2) is 0 Å². The molecule has 1 heterocycles. The Morgan fingerprint density at radius 2 is 2.28 bits per heavy atom. The van der Waals surface area contributed by atoms with Crippen molar-refractivity contribution in [2.45, 2.75) is 51.1 Å². The van der Waals surface area contributed by atoms with Crippen LogP contribution in [0.25, 0.3) is 0 Å². The predicted octanol–water partition coefficient (Wildman–Crippen LogP) is 2.22. The molecular weight excluding hydrogens is 250 g/mol. The molecule has 1 aromatic rings. The lowest BCUT2D eigenvalue weighted by molar-refractivity contribution is 0.101. The summed E-state index contributed by atoms with van der Waals surface area (Å²) in [5.41, 5.74) is 1.75. The van der Waals surface area contributed by atoms with Crippen molar-refractivity contribution in [3.05, 3.63) is 16.4 Å². The molecule has 5 heteroatoms. The van der Waals surface area contributed by atoms with Crippen LogP contribution in [0.3, 0.4) is 0 Å². The Kier molecular flexibility index (Phi) is 3.99. The van der Waals surface area contributed by atoms with E-state index in [0.717, 1.165) is 42.1 Å². The molecule has 1 aromatic heterocycles. The maximum Gasteiger partial charge on any atom is 0.0844 e. The van der Waals surface area contributed by atoms with Crippen molar-refractivity contribution >= 4 is 11.6 Å². The van der Waals surface area contributed by atoms with Gasteiger partial charge >= 0.3 is 0 Å². The maximum absolute atomic E-state index is 9.62. The first-order chi connectivity index (χ1) is 8.53. The number of nitrogens with zero attached hydrogens (tertiary/aromatic N) is 2. The number of likely N-dealkylation sites (N-methyl/N-ethyl adjacent to an activating group) is 1. The van der Waals surface area contributed by atoms with Crippen LogP contribution in [0.1, 0.15) is 43.1 Å². The second kappa shape index (κ2) is 5.19. The molecule has 1 saturated carbocycles. The smallest absolute Gasteiger partial charge is 0.0844 e. The Balaban J connectivity index is 2.25. The van der Waals surface area contributed by atoms with E-state index in [0.29, 0.717) is 6.04 Å². The Morgan fingerprint density at radius 1 is 1.56 bits per heavy atom. The zero-order valence-corrected chi connectivity index (χ0v) is 12.1. The number of aliphatic hydroxyl groups is 1. The van der Waals surface area contributed by atoms with Gasteiger partial charge in [0.15, 0.2) is 0 Å². The maximum atomic E-state index is 9.62. The van der Waals surface area contributed by atoms with Crippen LogP contribution in [-0.2, 0) is 0 Å². The minimum atomic E-state index is -0.165. The molecule has 18 heavy (non-hydrogen) atoms. The summed E-state index contributed by atoms with van der Waals surface area (Å²) in [6.07, 6.45) is 4.12. The highest BCUT2D eigenvalue weighted by atomic mass is 35.5. The van der Waals surface area contributed by atoms with Gasteiger partial charge in [0.25, 0.3) is 0 Å². The second-order valence-electron chi connectivity index (χ2n) is 5.37. The summed E-state index contributed by atoms with van der Waals surface area (Å²) >= 11 is 6.21. The van der Waals surface area contributed by atoms with Crippen LogP contribution < -0.4 is 5.32 Å². The van der Waals surface area contributed by atoms with E-state index in [4.69, 9.17) is 11.6 Å². The number of aromatic nitrogens is 2. The molecule has 0 aliphatic heterocycles. The number of hydrogen-bond donors (Lipinski definition) is 2. The lowest BCUT2D eigenvalue weighted by Crippen LogP contribution is -2.50. The number of aliphatic hydroxyl groups excluding tert-OH is 1. The van der Waals surface area contributed by atoms with E-state index in [9.17, 15) is 5.11 Å². The van der Waals surface area contributed by atoms with E-state index < -0.39 is 0 Å². The van der Waals surface area contributed by atoms with E-state index in [1.165, 1.54) is 0 Å². The zero-order chi connectivity index (χ0) is 13.3. The van der Waals surface area contributed by atoms with Gasteiger partial charge in [-0.15, -0.1) is 0 Å². The van der Waals surface area contributed by atoms with Gasteiger partial charge < -0.3 is 10.4 Å². The van der Waals surface area contributed by atoms with Crippen molar-refractivity contribution in [2.75, 3.05) is 13.7 Å². The highest BCUT2D eigenvalue weighted by Gasteiger charge is 2.36. The van der Waals surface area contributed by atoms with Gasteiger partial charge in [0, 0.05) is 5.54 Å². The number of halogens is 1. The average molecular weight is 272 g/mol. The zero-order valence-electron chi connectivity index (χ0n) is 11.3. The van der Waals surface area contributed by atoms with E-state index in [2.05, 4.69) is 10.4 Å². The van der Waals surface area contributed by atoms with E-state index in [-0.39, 0.29) is 12.1 Å². The Hall–Kier alpha value is -0.580. The molecule has 0 spiro atoms. The number of aryl methyl sites for hydroxylation is 1. The fourth-order valence-electron chi connectivity index (χ4n) is 2.99. The molecule has 0 radical (unpaired) electrons. The first-order valence-corrected chi connectivity index (χ1v) is 6.92. The molecule has 1 aliphatic rings. The molecule has 2 N–H and O–H groups in total. The highest BCUT2D eigenvalue weighted by molar-refractivity contribution is 6.31. The summed E-state index contributed by atoms with van der Waals surface area (Å²) in [6.45, 7) is 4.12. The number of nitrogens with one attached hydrogen (secondary N) is 1. The summed E-state index contributed by atoms with van der Waals surface area (Å²) in [6, 6.07) is 0.324. The van der Waals surface area contributed by atoms with Gasteiger partial charge in [-0.2, -0.15) is 5.10 Å². The van der Waals surface area contributed by atoms with Gasteiger partial charge in [-0.1, -0.05) is 11.6 Å². The fraction of sp³-hybridized carbons (Fsp3) is 0.769. The standard InChI is InChI=1S/C13H22ClN3O/c1-9-12(14)10(2)17(16-9)11-5-4-6-13(7-11,8-18)15-3/h11,15,18H,4-8H2,1-3H3. The van der Waals surface area contributed by atoms with E-state index in [1.807, 2.05) is 25.6 Å². The fourth-order valence-corrected chi connectivity index (χ4v) is 3.11. The van der Waals surface area contributed by atoms with Gasteiger partial charge in [0.05, 0.1) is 29.1 Å². The Labute approximate surface area is 113 Å². The largest absolute Gasteiger partial charge is 0.394 e. The molecule has 1 aliphatic carbocycles. The van der Waals surface area contributed by atoms with Crippen LogP contribution in [0.4, 0.5) is 0 Å². The van der Waals surface area contributed by atoms with Gasteiger partial charge in [0.1, 0.15) is 0 Å². The third-order valence-corrected chi connectivity index (χ3v) is 4.78. The van der Waals surface area contributed by atoms with E-state index >= 15 is 0 Å². The molecule has 4 nitrogen and oxygen atoms in total. The lowest BCUT2D eigenvalue weighted by atomic mass is 9.79. The Bertz CT molecular complexity index is 426. The molecule has 0 bridgehead atoms. The second-order valence-corrected chi connectivity index (χ2v) is 5.75. The van der Waals surface area contributed by atoms with Crippen LogP contribution in [0, 0.1) is 13.8 Å². The predicted molar refractivity (Wildman–Crippen MR) is 73.1 cm³/mol. The van der Waals surface area contributed by atoms with Gasteiger partial charge in [-0.05, 0) is 46.6 Å². The molecule has 0 aromatic carbocycles. The molecule has 2 rings (SSSR count). The topological polar surface area (TPSA) is 50.1 Å². The van der Waals surface area contributed by atoms with Crippen LogP contribution in [0.2, 0.25) is 5.02 Å². The minimum Gasteiger partial charge on any atom is -0.394 e. The van der Waals surface area contributed by atoms with Crippen molar-refractivity contribution in [1.82, 2.24) is 15.1 Å². The van der Waals surface area contributed by atoms with Crippen molar-refractivity contribution in [3.63, 3.8) is 0 Å². The minimum absolute atomic E-state index is 0.165. The van der Waals surface area contributed by atoms with Gasteiger partial charge in [-0.3, -0.25) is 4.68 Å². The molecular formula is C13H22ClN3O. The monoisotopic (exact) mass is 271 g/mol. The molecule has 0 amide bonds. The van der Waals surface area contributed by atoms with Gasteiger partial charge in [0.2, 0.25) is 0 Å². The van der Waals surface area contributed by atoms with Crippen LogP contribution in [0.5, 0.6) is 0 Å². The van der Waals surface area contributed by atoms with Crippen LogP contribution in [0.15, 0.2) is 0 Å². The lowest BCUT2D eigenvalue weighted by Gasteiger charge is -2.40. The molecule has 102 valence electrons. The molecule has 2 atom stereocenters. The Morgan fingerprint density at radius 3 is 2.78 bits per heavy atom. The average Bonchev–Trinajstić information content (AvgIpc) is 2.66. The van der Waals surface area contributed by atoms with Crippen LogP contribution >= 0.6 is 11.6 Å². The summed E-state index contributed by atoms with van der Waals surface area (Å²) in [4.78, 5) is 0. The first-order valence-electron chi connectivity index (χ1n) is 6.54. The third-order valence-electron chi connectivity index (χ3n) is 4.23. The number of rotatable bonds is 3. The third kappa shape index (κ3) is 2.29. The first kappa shape index (κ1) is 13.8. The van der Waals surface area contributed by atoms with E-state index in [1.54, 1.807) is 0 Å². The summed E-state index contributed by atoms with van der Waals surface area (Å²) < 4.78 is 2.04. The van der Waals surface area contributed by atoms with Crippen LogP contribution in [-0.4, -0.2) is 34.1 Å². The SMILES string of the molecule is CNC1(CO)CCCC(n2nc(C)c(Cl)c2C)C1. The quantitative estimate of drug-likeness (QED) is 0.886. The highest BCUT2D eigenvalue weighted by Crippen LogP contribution is 2.36. The molecule has 0 saturated heterocycles. The van der Waals surface area contributed by atoms with Crippen molar-refractivity contribution in [2.24, 2.45) is 0 Å². The van der Waals surface area contributed by atoms with Crippen molar-refractivity contribution in [3.8, 4) is 0 Å². The normalized spacial score (nSPS) is 28.6. The van der Waals surface area contributed by atoms with Crippen molar-refractivity contribution < 1.29 is 5.11 Å².